The van der Waals surface area contributed by atoms with Gasteiger partial charge in [-0.15, -0.1) is 0 Å². The van der Waals surface area contributed by atoms with Gasteiger partial charge >= 0.3 is 0 Å². The lowest BCUT2D eigenvalue weighted by atomic mass is 10.1. The van der Waals surface area contributed by atoms with Gasteiger partial charge in [-0.05, 0) is 12.5 Å². The van der Waals surface area contributed by atoms with Gasteiger partial charge in [0.15, 0.2) is 0 Å². The van der Waals surface area contributed by atoms with Crippen LogP contribution in [0.1, 0.15) is 13.3 Å². The molecule has 1 aromatic heterocycles. The van der Waals surface area contributed by atoms with Crippen molar-refractivity contribution in [2.45, 2.75) is 19.4 Å². The second-order valence-corrected chi connectivity index (χ2v) is 4.91. The van der Waals surface area contributed by atoms with Crippen molar-refractivity contribution in [1.29, 1.82) is 0 Å². The van der Waals surface area contributed by atoms with Crippen molar-refractivity contribution >= 4 is 22.3 Å². The first-order valence-electron chi connectivity index (χ1n) is 6.79. The highest BCUT2D eigenvalue weighted by molar-refractivity contribution is 5.97. The van der Waals surface area contributed by atoms with E-state index in [1.807, 2.05) is 18.2 Å². The Morgan fingerprint density at radius 2 is 2.26 bits per heavy atom. The molecule has 100 valence electrons. The number of hydrogen-bond acceptors (Lipinski definition) is 4. The fourth-order valence-electron chi connectivity index (χ4n) is 2.75. The molecule has 1 aliphatic heterocycles. The van der Waals surface area contributed by atoms with E-state index < -0.39 is 0 Å². The molecule has 2 N–H and O–H groups in total. The molecule has 19 heavy (non-hydrogen) atoms. The highest BCUT2D eigenvalue weighted by Gasteiger charge is 2.24. The molecular formula is C15H19N3O. The van der Waals surface area contributed by atoms with Gasteiger partial charge < -0.3 is 15.4 Å². The molecule has 3 rings (SSSR count). The fraction of sp³-hybridized carbons (Fsp3) is 0.400. The van der Waals surface area contributed by atoms with E-state index in [0.29, 0.717) is 6.04 Å². The lowest BCUT2D eigenvalue weighted by Gasteiger charge is -2.38. The number of fused-ring (bicyclic) bond motifs is 1. The Kier molecular flexibility index (Phi) is 3.25. The molecule has 0 saturated carbocycles. The van der Waals surface area contributed by atoms with Crippen molar-refractivity contribution in [2.75, 3.05) is 30.4 Å². The van der Waals surface area contributed by atoms with Crippen LogP contribution >= 0.6 is 0 Å². The maximum absolute atomic E-state index is 6.19. The number of ether oxygens (including phenoxy) is 1. The predicted octanol–water partition coefficient (Wildman–Crippen LogP) is 2.43. The molecule has 1 aromatic carbocycles. The normalized spacial score (nSPS) is 19.8. The zero-order valence-corrected chi connectivity index (χ0v) is 11.2. The molecule has 2 aromatic rings. The molecule has 0 radical (unpaired) electrons. The summed E-state index contributed by atoms with van der Waals surface area (Å²) in [5.41, 5.74) is 9.04. The number of nitrogens with two attached hydrogens (primary N) is 1. The van der Waals surface area contributed by atoms with Gasteiger partial charge in [0.05, 0.1) is 42.3 Å². The minimum Gasteiger partial charge on any atom is -0.396 e. The van der Waals surface area contributed by atoms with Crippen LogP contribution in [0, 0.1) is 0 Å². The summed E-state index contributed by atoms with van der Waals surface area (Å²) >= 11 is 0. The van der Waals surface area contributed by atoms with Crippen LogP contribution in [0.5, 0.6) is 0 Å². The average Bonchev–Trinajstić information content (AvgIpc) is 2.47. The second-order valence-electron chi connectivity index (χ2n) is 4.91. The van der Waals surface area contributed by atoms with Crippen molar-refractivity contribution in [3.63, 3.8) is 0 Å². The molecule has 0 spiro atoms. The molecule has 1 atom stereocenters. The van der Waals surface area contributed by atoms with Gasteiger partial charge in [-0.25, -0.2) is 0 Å². The minimum atomic E-state index is 0.391. The summed E-state index contributed by atoms with van der Waals surface area (Å²) in [6.07, 6.45) is 2.82. The predicted molar refractivity (Wildman–Crippen MR) is 78.4 cm³/mol. The Bertz CT molecular complexity index is 585. The van der Waals surface area contributed by atoms with E-state index in [1.54, 1.807) is 6.20 Å². The molecule has 4 nitrogen and oxygen atoms in total. The Hall–Kier alpha value is -1.81. The van der Waals surface area contributed by atoms with Crippen molar-refractivity contribution in [3.8, 4) is 0 Å². The SMILES string of the molecule is CCC1COCCN1c1c(N)cnc2ccccc12. The lowest BCUT2D eigenvalue weighted by Crippen LogP contribution is -2.45. The number of nitrogen functional groups attached to an aromatic ring is 1. The number of para-hydroxylation sites is 1. The first kappa shape index (κ1) is 12.2. The number of hydrogen-bond donors (Lipinski definition) is 1. The van der Waals surface area contributed by atoms with E-state index in [1.165, 1.54) is 0 Å². The van der Waals surface area contributed by atoms with Gasteiger partial charge in [0.25, 0.3) is 0 Å². The number of nitrogens with zero attached hydrogens (tertiary/aromatic N) is 2. The van der Waals surface area contributed by atoms with E-state index in [-0.39, 0.29) is 0 Å². The Labute approximate surface area is 113 Å². The summed E-state index contributed by atoms with van der Waals surface area (Å²) in [7, 11) is 0. The molecule has 1 fully saturated rings. The molecule has 4 heteroatoms. The zero-order valence-electron chi connectivity index (χ0n) is 11.2. The molecule has 1 unspecified atom stereocenters. The third-order valence-electron chi connectivity index (χ3n) is 3.76. The average molecular weight is 257 g/mol. The Morgan fingerprint density at radius 1 is 1.42 bits per heavy atom. The van der Waals surface area contributed by atoms with Gasteiger partial charge in [0.2, 0.25) is 0 Å². The van der Waals surface area contributed by atoms with Gasteiger partial charge in [-0.3, -0.25) is 4.98 Å². The van der Waals surface area contributed by atoms with Gasteiger partial charge in [0, 0.05) is 11.9 Å². The third-order valence-corrected chi connectivity index (χ3v) is 3.76. The maximum Gasteiger partial charge on any atom is 0.0745 e. The number of aromatic nitrogens is 1. The summed E-state index contributed by atoms with van der Waals surface area (Å²) in [5.74, 6) is 0. The van der Waals surface area contributed by atoms with E-state index in [0.717, 1.165) is 48.5 Å². The lowest BCUT2D eigenvalue weighted by molar-refractivity contribution is 0.0932. The molecule has 0 bridgehead atoms. The van der Waals surface area contributed by atoms with Crippen molar-refractivity contribution in [2.24, 2.45) is 0 Å². The zero-order chi connectivity index (χ0) is 13.2. The molecular weight excluding hydrogens is 238 g/mol. The fourth-order valence-corrected chi connectivity index (χ4v) is 2.75. The number of morpholine rings is 1. The van der Waals surface area contributed by atoms with Crippen LogP contribution in [0.15, 0.2) is 30.5 Å². The number of benzene rings is 1. The van der Waals surface area contributed by atoms with Gasteiger partial charge in [-0.1, -0.05) is 25.1 Å². The Morgan fingerprint density at radius 3 is 3.11 bits per heavy atom. The molecule has 2 heterocycles. The van der Waals surface area contributed by atoms with E-state index >= 15 is 0 Å². The quantitative estimate of drug-likeness (QED) is 0.897. The van der Waals surface area contributed by atoms with Crippen molar-refractivity contribution in [1.82, 2.24) is 4.98 Å². The van der Waals surface area contributed by atoms with E-state index in [2.05, 4.69) is 22.9 Å². The second kappa shape index (κ2) is 5.05. The van der Waals surface area contributed by atoms with Crippen LogP contribution in [0.25, 0.3) is 10.9 Å². The first-order valence-corrected chi connectivity index (χ1v) is 6.79. The number of pyridine rings is 1. The molecule has 0 aliphatic carbocycles. The van der Waals surface area contributed by atoms with E-state index in [9.17, 15) is 0 Å². The molecule has 1 saturated heterocycles. The first-order chi connectivity index (χ1) is 9.31. The highest BCUT2D eigenvalue weighted by Crippen LogP contribution is 2.34. The Balaban J connectivity index is 2.14. The monoisotopic (exact) mass is 257 g/mol. The van der Waals surface area contributed by atoms with E-state index in [4.69, 9.17) is 10.5 Å². The minimum absolute atomic E-state index is 0.391. The van der Waals surface area contributed by atoms with Crippen LogP contribution in [0.4, 0.5) is 11.4 Å². The van der Waals surface area contributed by atoms with Gasteiger partial charge in [-0.2, -0.15) is 0 Å². The summed E-state index contributed by atoms with van der Waals surface area (Å²) < 4.78 is 5.58. The summed E-state index contributed by atoms with van der Waals surface area (Å²) in [6, 6.07) is 8.55. The van der Waals surface area contributed by atoms with Crippen LogP contribution in [0.2, 0.25) is 0 Å². The van der Waals surface area contributed by atoms with Crippen LogP contribution in [-0.2, 0) is 4.74 Å². The molecule has 0 amide bonds. The van der Waals surface area contributed by atoms with Crippen LogP contribution in [-0.4, -0.2) is 30.8 Å². The topological polar surface area (TPSA) is 51.4 Å². The summed E-state index contributed by atoms with van der Waals surface area (Å²) in [5, 5.41) is 1.13. The van der Waals surface area contributed by atoms with Crippen LogP contribution < -0.4 is 10.6 Å². The maximum atomic E-state index is 6.19. The summed E-state index contributed by atoms with van der Waals surface area (Å²) in [6.45, 7) is 4.60. The van der Waals surface area contributed by atoms with Gasteiger partial charge in [0.1, 0.15) is 0 Å². The largest absolute Gasteiger partial charge is 0.396 e. The summed E-state index contributed by atoms with van der Waals surface area (Å²) in [4.78, 5) is 6.78. The highest BCUT2D eigenvalue weighted by atomic mass is 16.5. The molecule has 1 aliphatic rings. The number of anilines is 2. The number of rotatable bonds is 2. The standard InChI is InChI=1S/C15H19N3O/c1-2-11-10-19-8-7-18(11)15-12-5-3-4-6-14(12)17-9-13(15)16/h3-6,9,11H,2,7-8,10,16H2,1H3. The van der Waals surface area contributed by atoms with Crippen molar-refractivity contribution < 1.29 is 4.74 Å². The van der Waals surface area contributed by atoms with Crippen LogP contribution in [0.3, 0.4) is 0 Å². The van der Waals surface area contributed by atoms with Crippen molar-refractivity contribution in [3.05, 3.63) is 30.5 Å². The smallest absolute Gasteiger partial charge is 0.0745 e. The third kappa shape index (κ3) is 2.12.